The Kier molecular flexibility index (Phi) is 5.40. The molecule has 1 spiro atoms. The van der Waals surface area contributed by atoms with E-state index in [4.69, 9.17) is 9.47 Å². The van der Waals surface area contributed by atoms with E-state index in [9.17, 15) is 10.2 Å². The van der Waals surface area contributed by atoms with Crippen LogP contribution in [-0.4, -0.2) is 52.0 Å². The van der Waals surface area contributed by atoms with Crippen molar-refractivity contribution in [1.82, 2.24) is 9.47 Å². The molecule has 3 heterocycles. The minimum absolute atomic E-state index is 0.365. The molecule has 2 N–H and O–H groups in total. The molecule has 6 nitrogen and oxygen atoms in total. The number of aliphatic hydroxyl groups is 2. The van der Waals surface area contributed by atoms with Crippen molar-refractivity contribution in [3.05, 3.63) is 59.3 Å². The fourth-order valence-corrected chi connectivity index (χ4v) is 5.50. The lowest BCUT2D eigenvalue weighted by Crippen LogP contribution is -2.51. The Morgan fingerprint density at radius 2 is 1.94 bits per heavy atom. The predicted molar refractivity (Wildman–Crippen MR) is 124 cm³/mol. The van der Waals surface area contributed by atoms with Crippen molar-refractivity contribution < 1.29 is 19.7 Å². The van der Waals surface area contributed by atoms with Crippen molar-refractivity contribution in [1.29, 1.82) is 0 Å². The molecule has 170 valence electrons. The number of para-hydroxylation sites is 1. The van der Waals surface area contributed by atoms with Crippen LogP contribution in [0.1, 0.15) is 48.3 Å². The lowest BCUT2D eigenvalue weighted by atomic mass is 9.81. The maximum atomic E-state index is 11.2. The topological polar surface area (TPSA) is 67.1 Å². The van der Waals surface area contributed by atoms with Crippen LogP contribution < -0.4 is 9.47 Å². The average Bonchev–Trinajstić information content (AvgIpc) is 3.05. The zero-order valence-electron chi connectivity index (χ0n) is 19.0. The quantitative estimate of drug-likeness (QED) is 0.650. The van der Waals surface area contributed by atoms with Crippen molar-refractivity contribution in [2.75, 3.05) is 26.7 Å². The second kappa shape index (κ2) is 8.10. The van der Waals surface area contributed by atoms with Crippen LogP contribution in [0.3, 0.4) is 0 Å². The monoisotopic (exact) mass is 436 g/mol. The molecule has 2 aromatic carbocycles. The fraction of sp³-hybridized carbons (Fsp3) is 0.462. The molecular weight excluding hydrogens is 404 g/mol. The summed E-state index contributed by atoms with van der Waals surface area (Å²) in [6, 6.07) is 13.9. The predicted octanol–water partition coefficient (Wildman–Crippen LogP) is 3.88. The van der Waals surface area contributed by atoms with Crippen molar-refractivity contribution in [2.45, 2.75) is 44.0 Å². The summed E-state index contributed by atoms with van der Waals surface area (Å²) in [4.78, 5) is 2.31. The number of β-amino-alcohol motifs (C(OH)–C–C–N with tert-alkyl or cyclic N) is 1. The van der Waals surface area contributed by atoms with Gasteiger partial charge in [-0.2, -0.15) is 0 Å². The fourth-order valence-electron chi connectivity index (χ4n) is 5.50. The van der Waals surface area contributed by atoms with Gasteiger partial charge in [-0.05, 0) is 38.0 Å². The van der Waals surface area contributed by atoms with E-state index < -0.39 is 12.2 Å². The van der Waals surface area contributed by atoms with E-state index in [1.54, 1.807) is 7.11 Å². The number of aromatic nitrogens is 1. The lowest BCUT2D eigenvalue weighted by Gasteiger charge is -2.46. The molecule has 0 amide bonds. The molecule has 0 aliphatic carbocycles. The number of nitrogens with zero attached hydrogens (tertiary/aromatic N) is 2. The van der Waals surface area contributed by atoms with Crippen molar-refractivity contribution in [3.63, 3.8) is 0 Å². The number of hydrogen-bond donors (Lipinski definition) is 2. The van der Waals surface area contributed by atoms with Gasteiger partial charge >= 0.3 is 0 Å². The Hall–Kier alpha value is -2.54. The molecule has 1 saturated heterocycles. The van der Waals surface area contributed by atoms with Crippen LogP contribution >= 0.6 is 0 Å². The standard InChI is InChI=1S/C26H32N2O4/c1-17-25(19-6-4-5-7-21(19)27(17)2)23(30)16-28-12-10-26(11-13-28)15-22(29)20-9-8-18(31-3)14-24(20)32-26/h4-9,14,22-23,29-30H,10-13,15-16H2,1-3H3. The summed E-state index contributed by atoms with van der Waals surface area (Å²) in [5.74, 6) is 1.46. The third kappa shape index (κ3) is 3.56. The summed E-state index contributed by atoms with van der Waals surface area (Å²) in [6.45, 7) is 4.32. The number of aryl methyl sites for hydroxylation is 1. The molecule has 6 heteroatoms. The number of likely N-dealkylation sites (tertiary alicyclic amines) is 1. The first kappa shape index (κ1) is 21.3. The Morgan fingerprint density at radius 1 is 1.19 bits per heavy atom. The molecule has 0 bridgehead atoms. The van der Waals surface area contributed by atoms with Crippen molar-refractivity contribution in [2.24, 2.45) is 7.05 Å². The van der Waals surface area contributed by atoms with Crippen molar-refractivity contribution >= 4 is 10.9 Å². The Balaban J connectivity index is 1.29. The van der Waals surface area contributed by atoms with Gasteiger partial charge in [0, 0.05) is 66.9 Å². The molecular formula is C26H32N2O4. The van der Waals surface area contributed by atoms with E-state index >= 15 is 0 Å². The van der Waals surface area contributed by atoms with Crippen LogP contribution in [0.2, 0.25) is 0 Å². The number of benzene rings is 2. The molecule has 32 heavy (non-hydrogen) atoms. The van der Waals surface area contributed by atoms with Crippen LogP contribution in [0, 0.1) is 6.92 Å². The van der Waals surface area contributed by atoms with Gasteiger partial charge in [-0.3, -0.25) is 0 Å². The highest BCUT2D eigenvalue weighted by atomic mass is 16.5. The van der Waals surface area contributed by atoms with Crippen molar-refractivity contribution in [3.8, 4) is 11.5 Å². The first-order valence-corrected chi connectivity index (χ1v) is 11.4. The number of piperidine rings is 1. The minimum atomic E-state index is -0.544. The smallest absolute Gasteiger partial charge is 0.129 e. The maximum absolute atomic E-state index is 11.2. The summed E-state index contributed by atoms with van der Waals surface area (Å²) in [6.07, 6.45) is 1.17. The minimum Gasteiger partial charge on any atom is -0.497 e. The highest BCUT2D eigenvalue weighted by Gasteiger charge is 2.43. The zero-order valence-corrected chi connectivity index (χ0v) is 19.0. The Labute approximate surface area is 189 Å². The third-order valence-electron chi connectivity index (χ3n) is 7.45. The normalized spacial score (nSPS) is 21.3. The maximum Gasteiger partial charge on any atom is 0.129 e. The summed E-state index contributed by atoms with van der Waals surface area (Å²) >= 11 is 0. The summed E-state index contributed by atoms with van der Waals surface area (Å²) in [5.41, 5.74) is 3.75. The molecule has 0 radical (unpaired) electrons. The van der Waals surface area contributed by atoms with Crippen LogP contribution in [0.15, 0.2) is 42.5 Å². The number of fused-ring (bicyclic) bond motifs is 2. The molecule has 0 saturated carbocycles. The van der Waals surface area contributed by atoms with Crippen LogP contribution in [0.4, 0.5) is 0 Å². The average molecular weight is 437 g/mol. The van der Waals surface area contributed by atoms with Gasteiger partial charge in [-0.25, -0.2) is 0 Å². The number of hydrogen-bond acceptors (Lipinski definition) is 5. The van der Waals surface area contributed by atoms with Gasteiger partial charge in [-0.1, -0.05) is 18.2 Å². The first-order chi connectivity index (χ1) is 15.4. The van der Waals surface area contributed by atoms with Crippen LogP contribution in [-0.2, 0) is 7.05 Å². The molecule has 2 aliphatic heterocycles. The summed E-state index contributed by atoms with van der Waals surface area (Å²) in [7, 11) is 3.69. The number of ether oxygens (including phenoxy) is 2. The Bertz CT molecular complexity index is 1130. The Morgan fingerprint density at radius 3 is 2.69 bits per heavy atom. The van der Waals surface area contributed by atoms with Gasteiger partial charge in [0.25, 0.3) is 0 Å². The largest absolute Gasteiger partial charge is 0.497 e. The molecule has 2 unspecified atom stereocenters. The van der Waals surface area contributed by atoms with E-state index in [-0.39, 0.29) is 5.60 Å². The van der Waals surface area contributed by atoms with Gasteiger partial charge in [0.15, 0.2) is 0 Å². The van der Waals surface area contributed by atoms with Gasteiger partial charge in [0.05, 0.1) is 19.3 Å². The zero-order chi connectivity index (χ0) is 22.5. The van der Waals surface area contributed by atoms with E-state index in [0.29, 0.717) is 13.0 Å². The third-order valence-corrected chi connectivity index (χ3v) is 7.45. The summed E-state index contributed by atoms with van der Waals surface area (Å²) < 4.78 is 14.0. The molecule has 2 atom stereocenters. The van der Waals surface area contributed by atoms with Gasteiger partial charge in [0.2, 0.25) is 0 Å². The lowest BCUT2D eigenvalue weighted by molar-refractivity contribution is -0.0588. The highest BCUT2D eigenvalue weighted by Crippen LogP contribution is 2.45. The number of rotatable bonds is 4. The van der Waals surface area contributed by atoms with E-state index in [0.717, 1.165) is 65.2 Å². The molecule has 3 aromatic rings. The molecule has 1 aromatic heterocycles. The SMILES string of the molecule is COc1ccc2c(c1)OC1(CCN(CC(O)c3c(C)n(C)c4ccccc34)CC1)CC2O. The first-order valence-electron chi connectivity index (χ1n) is 11.4. The second-order valence-corrected chi connectivity index (χ2v) is 9.30. The van der Waals surface area contributed by atoms with Crippen LogP contribution in [0.25, 0.3) is 10.9 Å². The molecule has 5 rings (SSSR count). The van der Waals surface area contributed by atoms with E-state index in [1.807, 2.05) is 30.3 Å². The van der Waals surface area contributed by atoms with Gasteiger partial charge in [-0.15, -0.1) is 0 Å². The highest BCUT2D eigenvalue weighted by molar-refractivity contribution is 5.85. The molecule has 2 aliphatic rings. The van der Waals surface area contributed by atoms with E-state index in [1.165, 1.54) is 0 Å². The van der Waals surface area contributed by atoms with Gasteiger partial charge < -0.3 is 29.2 Å². The van der Waals surface area contributed by atoms with Crippen LogP contribution in [0.5, 0.6) is 11.5 Å². The van der Waals surface area contributed by atoms with E-state index in [2.05, 4.69) is 35.6 Å². The van der Waals surface area contributed by atoms with Gasteiger partial charge in [0.1, 0.15) is 17.1 Å². The molecule has 1 fully saturated rings. The second-order valence-electron chi connectivity index (χ2n) is 9.30. The number of methoxy groups -OCH3 is 1. The summed E-state index contributed by atoms with van der Waals surface area (Å²) in [5, 5.41) is 23.0. The number of aliphatic hydroxyl groups excluding tert-OH is 2.